The highest BCUT2D eigenvalue weighted by Gasteiger charge is 2.32. The van der Waals surface area contributed by atoms with Crippen molar-refractivity contribution in [1.29, 1.82) is 0 Å². The van der Waals surface area contributed by atoms with Gasteiger partial charge in [-0.05, 0) is 49.4 Å². The van der Waals surface area contributed by atoms with Crippen molar-refractivity contribution in [2.45, 2.75) is 38.5 Å². The van der Waals surface area contributed by atoms with Crippen molar-refractivity contribution >= 4 is 38.8 Å². The van der Waals surface area contributed by atoms with Crippen LogP contribution in [0.5, 0.6) is 5.75 Å². The Morgan fingerprint density at radius 2 is 1.93 bits per heavy atom. The molecule has 0 bridgehead atoms. The van der Waals surface area contributed by atoms with Gasteiger partial charge in [0.25, 0.3) is 5.91 Å². The van der Waals surface area contributed by atoms with Gasteiger partial charge in [0.15, 0.2) is 5.75 Å². The maximum absolute atomic E-state index is 12.8. The number of benzene rings is 1. The van der Waals surface area contributed by atoms with Crippen LogP contribution in [0.4, 0.5) is 24.5 Å². The summed E-state index contributed by atoms with van der Waals surface area (Å²) < 4.78 is 41.8. The molecular weight excluding hydrogens is 403 g/mol. The van der Waals surface area contributed by atoms with Crippen LogP contribution in [-0.4, -0.2) is 17.3 Å². The summed E-state index contributed by atoms with van der Waals surface area (Å²) >= 11 is 1.14. The fourth-order valence-corrected chi connectivity index (χ4v) is 4.46. The number of ether oxygens (including phenoxy) is 1. The minimum atomic E-state index is -4.86. The molecule has 0 saturated carbocycles. The number of para-hydroxylation sites is 2. The van der Waals surface area contributed by atoms with Crippen LogP contribution in [0.15, 0.2) is 30.3 Å². The molecule has 9 heteroatoms. The zero-order chi connectivity index (χ0) is 20.6. The van der Waals surface area contributed by atoms with Crippen LogP contribution in [0.25, 0.3) is 10.2 Å². The lowest BCUT2D eigenvalue weighted by molar-refractivity contribution is -0.274. The smallest absolute Gasteiger partial charge is 0.404 e. The number of nitrogen functional groups attached to an aromatic ring is 1. The number of nitrogens with one attached hydrogen (secondary N) is 1. The molecule has 0 aliphatic heterocycles. The maximum atomic E-state index is 12.8. The number of nitrogens with two attached hydrogens (primary N) is 1. The van der Waals surface area contributed by atoms with Gasteiger partial charge in [0.1, 0.15) is 9.71 Å². The van der Waals surface area contributed by atoms with Crippen LogP contribution in [0.1, 0.15) is 40.2 Å². The summed E-state index contributed by atoms with van der Waals surface area (Å²) in [5, 5.41) is 3.18. The number of amides is 1. The van der Waals surface area contributed by atoms with E-state index in [4.69, 9.17) is 10.7 Å². The Kier molecular flexibility index (Phi) is 5.08. The standard InChI is InChI=1S/C20H18F3N3O2S/c21-20(22,23)28-15-9-5-4-8-14(15)25-18(27)17-16(24)12-10-11-6-2-1-3-7-13(11)26-19(12)29-17/h4-5,8-10H,1-3,6-7,24H2,(H,25,27). The van der Waals surface area contributed by atoms with Gasteiger partial charge in [-0.3, -0.25) is 4.79 Å². The molecule has 1 aliphatic rings. The van der Waals surface area contributed by atoms with Crippen molar-refractivity contribution < 1.29 is 22.7 Å². The highest BCUT2D eigenvalue weighted by atomic mass is 32.1. The lowest BCUT2D eigenvalue weighted by Crippen LogP contribution is -2.19. The first-order chi connectivity index (χ1) is 13.8. The molecule has 0 atom stereocenters. The molecule has 1 aromatic carbocycles. The molecule has 0 spiro atoms. The molecule has 1 aliphatic carbocycles. The van der Waals surface area contributed by atoms with Gasteiger partial charge < -0.3 is 15.8 Å². The molecular formula is C20H18F3N3O2S. The van der Waals surface area contributed by atoms with E-state index in [9.17, 15) is 18.0 Å². The SMILES string of the molecule is Nc1c(C(=O)Nc2ccccc2OC(F)(F)F)sc2nc3c(cc12)CCCCC3. The second-order valence-corrected chi connectivity index (χ2v) is 7.85. The number of rotatable bonds is 3. The second kappa shape index (κ2) is 7.55. The van der Waals surface area contributed by atoms with E-state index in [0.717, 1.165) is 60.8 Å². The molecule has 29 heavy (non-hydrogen) atoms. The monoisotopic (exact) mass is 421 g/mol. The van der Waals surface area contributed by atoms with Crippen LogP contribution in [0, 0.1) is 0 Å². The quantitative estimate of drug-likeness (QED) is 0.563. The molecule has 4 rings (SSSR count). The highest BCUT2D eigenvalue weighted by Crippen LogP contribution is 2.36. The number of hydrogen-bond acceptors (Lipinski definition) is 5. The van der Waals surface area contributed by atoms with Crippen LogP contribution >= 0.6 is 11.3 Å². The lowest BCUT2D eigenvalue weighted by atomic mass is 10.1. The summed E-state index contributed by atoms with van der Waals surface area (Å²) in [4.78, 5) is 18.3. The number of hydrogen-bond donors (Lipinski definition) is 2. The Morgan fingerprint density at radius 1 is 1.17 bits per heavy atom. The number of anilines is 2. The molecule has 0 radical (unpaired) electrons. The Hall–Kier alpha value is -2.81. The van der Waals surface area contributed by atoms with Crippen LogP contribution in [0.2, 0.25) is 0 Å². The van der Waals surface area contributed by atoms with Crippen molar-refractivity contribution in [1.82, 2.24) is 4.98 Å². The normalized spacial score (nSPS) is 14.3. The van der Waals surface area contributed by atoms with Gasteiger partial charge in [0.05, 0.1) is 11.4 Å². The van der Waals surface area contributed by atoms with Crippen LogP contribution in [-0.2, 0) is 12.8 Å². The number of carbonyl (C=O) groups excluding carboxylic acids is 1. The van der Waals surface area contributed by atoms with E-state index in [1.165, 1.54) is 18.2 Å². The minimum absolute atomic E-state index is 0.0876. The van der Waals surface area contributed by atoms with Gasteiger partial charge >= 0.3 is 6.36 Å². The molecule has 5 nitrogen and oxygen atoms in total. The van der Waals surface area contributed by atoms with Gasteiger partial charge in [-0.15, -0.1) is 24.5 Å². The predicted octanol–water partition coefficient (Wildman–Crippen LogP) is 5.30. The molecule has 0 saturated heterocycles. The third-order valence-electron chi connectivity index (χ3n) is 4.82. The average molecular weight is 421 g/mol. The maximum Gasteiger partial charge on any atom is 0.573 e. The third kappa shape index (κ3) is 4.14. The number of halogens is 3. The summed E-state index contributed by atoms with van der Waals surface area (Å²) in [7, 11) is 0. The molecule has 0 unspecified atom stereocenters. The van der Waals surface area contributed by atoms with Gasteiger partial charge in [0, 0.05) is 11.1 Å². The summed E-state index contributed by atoms with van der Waals surface area (Å²) in [5.74, 6) is -1.09. The Morgan fingerprint density at radius 3 is 2.72 bits per heavy atom. The number of nitrogens with zero attached hydrogens (tertiary/aromatic N) is 1. The largest absolute Gasteiger partial charge is 0.573 e. The minimum Gasteiger partial charge on any atom is -0.404 e. The molecule has 2 aromatic heterocycles. The highest BCUT2D eigenvalue weighted by molar-refractivity contribution is 7.21. The second-order valence-electron chi connectivity index (χ2n) is 6.85. The Balaban J connectivity index is 1.65. The molecule has 1 amide bonds. The number of alkyl halides is 3. The number of fused-ring (bicyclic) bond motifs is 2. The van der Waals surface area contributed by atoms with E-state index in [1.54, 1.807) is 0 Å². The molecule has 152 valence electrons. The van der Waals surface area contributed by atoms with Gasteiger partial charge in [-0.2, -0.15) is 0 Å². The van der Waals surface area contributed by atoms with Crippen LogP contribution < -0.4 is 15.8 Å². The molecule has 3 aromatic rings. The van der Waals surface area contributed by atoms with Gasteiger partial charge in [-0.25, -0.2) is 4.98 Å². The van der Waals surface area contributed by atoms with E-state index in [-0.39, 0.29) is 16.3 Å². The first-order valence-corrected chi connectivity index (χ1v) is 10.0. The zero-order valence-corrected chi connectivity index (χ0v) is 16.1. The van der Waals surface area contributed by atoms with Crippen molar-refractivity contribution in [2.24, 2.45) is 0 Å². The van der Waals surface area contributed by atoms with Gasteiger partial charge in [0.2, 0.25) is 0 Å². The molecule has 0 fully saturated rings. The lowest BCUT2D eigenvalue weighted by Gasteiger charge is -2.13. The Labute approximate surface area is 168 Å². The van der Waals surface area contributed by atoms with E-state index < -0.39 is 18.0 Å². The predicted molar refractivity (Wildman–Crippen MR) is 106 cm³/mol. The Bertz CT molecular complexity index is 1080. The van der Waals surface area contributed by atoms with E-state index in [1.807, 2.05) is 6.07 Å². The molecule has 2 heterocycles. The van der Waals surface area contributed by atoms with E-state index in [0.29, 0.717) is 10.2 Å². The number of pyridine rings is 1. The van der Waals surface area contributed by atoms with E-state index in [2.05, 4.69) is 10.1 Å². The first kappa shape index (κ1) is 19.5. The zero-order valence-electron chi connectivity index (χ0n) is 15.3. The number of carbonyl (C=O) groups is 1. The van der Waals surface area contributed by atoms with E-state index >= 15 is 0 Å². The summed E-state index contributed by atoms with van der Waals surface area (Å²) in [6, 6.07) is 7.36. The summed E-state index contributed by atoms with van der Waals surface area (Å²) in [6.07, 6.45) is 0.291. The first-order valence-electron chi connectivity index (χ1n) is 9.19. The van der Waals surface area contributed by atoms with Gasteiger partial charge in [-0.1, -0.05) is 18.6 Å². The number of thiophene rings is 1. The van der Waals surface area contributed by atoms with Crippen LogP contribution in [0.3, 0.4) is 0 Å². The number of aryl methyl sites for hydroxylation is 2. The van der Waals surface area contributed by atoms with Crippen molar-refractivity contribution in [3.05, 3.63) is 46.5 Å². The van der Waals surface area contributed by atoms with Crippen molar-refractivity contribution in [2.75, 3.05) is 11.1 Å². The molecule has 3 N–H and O–H groups in total. The fourth-order valence-electron chi connectivity index (χ4n) is 3.47. The summed E-state index contributed by atoms with van der Waals surface area (Å²) in [5.41, 5.74) is 8.59. The third-order valence-corrected chi connectivity index (χ3v) is 5.93. The number of aromatic nitrogens is 1. The summed E-state index contributed by atoms with van der Waals surface area (Å²) in [6.45, 7) is 0. The topological polar surface area (TPSA) is 77.2 Å². The van der Waals surface area contributed by atoms with Crippen molar-refractivity contribution in [3.63, 3.8) is 0 Å². The average Bonchev–Trinajstić information content (AvgIpc) is 2.83. The fraction of sp³-hybridized carbons (Fsp3) is 0.300. The van der Waals surface area contributed by atoms with Crippen molar-refractivity contribution in [3.8, 4) is 5.75 Å².